The van der Waals surface area contributed by atoms with Gasteiger partial charge in [0.05, 0.1) is 22.7 Å². The Hall–Kier alpha value is -2.65. The molecular formula is C20H18ClF2N3O. The first-order valence-electron chi connectivity index (χ1n) is 8.62. The van der Waals surface area contributed by atoms with E-state index in [0.717, 1.165) is 12.1 Å². The lowest BCUT2D eigenvalue weighted by molar-refractivity contribution is -0.128. The van der Waals surface area contributed by atoms with Gasteiger partial charge in [0, 0.05) is 18.7 Å². The summed E-state index contributed by atoms with van der Waals surface area (Å²) < 4.78 is 27.6. The van der Waals surface area contributed by atoms with Crippen molar-refractivity contribution in [3.05, 3.63) is 64.2 Å². The van der Waals surface area contributed by atoms with Crippen LogP contribution in [0.15, 0.2) is 36.4 Å². The Morgan fingerprint density at radius 1 is 1.30 bits per heavy atom. The monoisotopic (exact) mass is 389 g/mol. The second-order valence-electron chi connectivity index (χ2n) is 6.45. The molecule has 1 amide bonds. The standard InChI is InChI=1S/C20H18ClF2N3O/c1-2-26-19(8-13-7-14(22)4-6-17(13)23)18(10-20(26)27)25-15-5-3-12(11-24)16(21)9-15/h3-7,9,18-19,25H,2,8,10H2,1H3/t18-,19?/m0/s1. The zero-order valence-electron chi connectivity index (χ0n) is 14.7. The van der Waals surface area contributed by atoms with Crippen molar-refractivity contribution < 1.29 is 13.6 Å². The van der Waals surface area contributed by atoms with Gasteiger partial charge >= 0.3 is 0 Å². The molecule has 0 radical (unpaired) electrons. The Morgan fingerprint density at radius 2 is 2.07 bits per heavy atom. The highest BCUT2D eigenvalue weighted by atomic mass is 35.5. The topological polar surface area (TPSA) is 56.1 Å². The van der Waals surface area contributed by atoms with Crippen molar-refractivity contribution in [2.45, 2.75) is 31.8 Å². The number of nitrogens with one attached hydrogen (secondary N) is 1. The molecule has 2 aromatic carbocycles. The largest absolute Gasteiger partial charge is 0.380 e. The predicted molar refractivity (Wildman–Crippen MR) is 99.4 cm³/mol. The molecule has 2 aromatic rings. The number of hydrogen-bond donors (Lipinski definition) is 1. The maximum Gasteiger partial charge on any atom is 0.225 e. The third-order valence-corrected chi connectivity index (χ3v) is 5.11. The van der Waals surface area contributed by atoms with Gasteiger partial charge in [-0.2, -0.15) is 5.26 Å². The van der Waals surface area contributed by atoms with Crippen molar-refractivity contribution in [2.24, 2.45) is 0 Å². The molecule has 4 nitrogen and oxygen atoms in total. The van der Waals surface area contributed by atoms with E-state index in [4.69, 9.17) is 16.9 Å². The second kappa shape index (κ2) is 7.93. The number of likely N-dealkylation sites (tertiary alicyclic amines) is 1. The molecule has 27 heavy (non-hydrogen) atoms. The number of carbonyl (C=O) groups is 1. The molecule has 1 saturated heterocycles. The van der Waals surface area contributed by atoms with E-state index < -0.39 is 11.6 Å². The van der Waals surface area contributed by atoms with Crippen molar-refractivity contribution >= 4 is 23.2 Å². The number of halogens is 3. The summed E-state index contributed by atoms with van der Waals surface area (Å²) in [5.41, 5.74) is 1.26. The van der Waals surface area contributed by atoms with Gasteiger partial charge in [-0.1, -0.05) is 11.6 Å². The number of rotatable bonds is 5. The number of hydrogen-bond acceptors (Lipinski definition) is 3. The summed E-state index contributed by atoms with van der Waals surface area (Å²) in [6, 6.07) is 9.65. The van der Waals surface area contributed by atoms with Gasteiger partial charge in [0.2, 0.25) is 5.91 Å². The van der Waals surface area contributed by atoms with Crippen LogP contribution in [0.4, 0.5) is 14.5 Å². The lowest BCUT2D eigenvalue weighted by atomic mass is 9.99. The van der Waals surface area contributed by atoms with Gasteiger partial charge in [-0.3, -0.25) is 4.79 Å². The van der Waals surface area contributed by atoms with Crippen LogP contribution in [0.3, 0.4) is 0 Å². The molecule has 3 rings (SSSR count). The van der Waals surface area contributed by atoms with Crippen LogP contribution in [-0.2, 0) is 11.2 Å². The predicted octanol–water partition coefficient (Wildman–Crippen LogP) is 4.13. The number of benzene rings is 2. The Labute approximate surface area is 161 Å². The summed E-state index contributed by atoms with van der Waals surface area (Å²) in [6.45, 7) is 2.33. The number of likely N-dealkylation sites (N-methyl/N-ethyl adjacent to an activating group) is 1. The molecule has 1 heterocycles. The maximum absolute atomic E-state index is 14.1. The van der Waals surface area contributed by atoms with Gasteiger partial charge in [-0.25, -0.2) is 8.78 Å². The molecule has 1 fully saturated rings. The second-order valence-corrected chi connectivity index (χ2v) is 6.86. The van der Waals surface area contributed by atoms with Crippen molar-refractivity contribution in [1.29, 1.82) is 5.26 Å². The van der Waals surface area contributed by atoms with E-state index >= 15 is 0 Å². The molecule has 0 bridgehead atoms. The number of nitriles is 1. The third-order valence-electron chi connectivity index (χ3n) is 4.80. The van der Waals surface area contributed by atoms with Gasteiger partial charge in [0.15, 0.2) is 0 Å². The average molecular weight is 390 g/mol. The molecule has 1 aliphatic rings. The number of anilines is 1. The van der Waals surface area contributed by atoms with Crippen molar-refractivity contribution in [3.8, 4) is 6.07 Å². The summed E-state index contributed by atoms with van der Waals surface area (Å²) in [7, 11) is 0. The average Bonchev–Trinajstić information content (AvgIpc) is 2.92. The van der Waals surface area contributed by atoms with Gasteiger partial charge in [-0.05, 0) is 55.3 Å². The molecule has 1 unspecified atom stereocenters. The van der Waals surface area contributed by atoms with Crippen LogP contribution >= 0.6 is 11.6 Å². The van der Waals surface area contributed by atoms with E-state index in [9.17, 15) is 13.6 Å². The highest BCUT2D eigenvalue weighted by molar-refractivity contribution is 6.32. The Balaban J connectivity index is 1.86. The van der Waals surface area contributed by atoms with Crippen LogP contribution in [0.2, 0.25) is 5.02 Å². The van der Waals surface area contributed by atoms with Crippen LogP contribution in [0.1, 0.15) is 24.5 Å². The Morgan fingerprint density at radius 3 is 2.74 bits per heavy atom. The lowest BCUT2D eigenvalue weighted by Gasteiger charge is -2.28. The van der Waals surface area contributed by atoms with Crippen molar-refractivity contribution in [2.75, 3.05) is 11.9 Å². The lowest BCUT2D eigenvalue weighted by Crippen LogP contribution is -2.41. The first-order chi connectivity index (χ1) is 12.9. The first-order valence-corrected chi connectivity index (χ1v) is 9.00. The maximum atomic E-state index is 14.1. The van der Waals surface area contributed by atoms with Gasteiger partial charge in [0.25, 0.3) is 0 Å². The molecule has 1 N–H and O–H groups in total. The number of amides is 1. The molecular weight excluding hydrogens is 372 g/mol. The zero-order valence-corrected chi connectivity index (χ0v) is 15.4. The SMILES string of the molecule is CCN1C(=O)C[C@H](Nc2ccc(C#N)c(Cl)c2)C1Cc1cc(F)ccc1F. The van der Waals surface area contributed by atoms with Crippen LogP contribution in [0, 0.1) is 23.0 Å². The highest BCUT2D eigenvalue weighted by Gasteiger charge is 2.39. The molecule has 140 valence electrons. The normalized spacial score (nSPS) is 19.2. The molecule has 0 aromatic heterocycles. The van der Waals surface area contributed by atoms with E-state index in [-0.39, 0.29) is 36.4 Å². The fourth-order valence-corrected chi connectivity index (χ4v) is 3.71. The molecule has 0 saturated carbocycles. The minimum atomic E-state index is -0.512. The van der Waals surface area contributed by atoms with Crippen molar-refractivity contribution in [3.63, 3.8) is 0 Å². The molecule has 1 aliphatic heterocycles. The van der Waals surface area contributed by atoms with Crippen LogP contribution in [0.25, 0.3) is 0 Å². The summed E-state index contributed by atoms with van der Waals surface area (Å²) >= 11 is 6.07. The summed E-state index contributed by atoms with van der Waals surface area (Å²) in [4.78, 5) is 14.0. The van der Waals surface area contributed by atoms with E-state index in [1.54, 1.807) is 23.1 Å². The van der Waals surface area contributed by atoms with Gasteiger partial charge in [-0.15, -0.1) is 0 Å². The number of nitrogens with zero attached hydrogens (tertiary/aromatic N) is 2. The fraction of sp³-hybridized carbons (Fsp3) is 0.300. The first kappa shape index (κ1) is 19.1. The summed E-state index contributed by atoms with van der Waals surface area (Å²) in [5.74, 6) is -1.05. The van der Waals surface area contributed by atoms with Crippen molar-refractivity contribution in [1.82, 2.24) is 4.90 Å². The Bertz CT molecular complexity index is 913. The van der Waals surface area contributed by atoms with Crippen LogP contribution in [0.5, 0.6) is 0 Å². The minimum absolute atomic E-state index is 0.0449. The van der Waals surface area contributed by atoms with Crippen LogP contribution < -0.4 is 5.32 Å². The van der Waals surface area contributed by atoms with Gasteiger partial charge in [0.1, 0.15) is 17.7 Å². The summed E-state index contributed by atoms with van der Waals surface area (Å²) in [6.07, 6.45) is 0.442. The van der Waals surface area contributed by atoms with Crippen LogP contribution in [-0.4, -0.2) is 29.4 Å². The van der Waals surface area contributed by atoms with E-state index in [2.05, 4.69) is 5.32 Å². The highest BCUT2D eigenvalue weighted by Crippen LogP contribution is 2.28. The third kappa shape index (κ3) is 4.04. The molecule has 7 heteroatoms. The molecule has 2 atom stereocenters. The Kier molecular flexibility index (Phi) is 5.62. The van der Waals surface area contributed by atoms with Gasteiger partial charge < -0.3 is 10.2 Å². The number of carbonyl (C=O) groups excluding carboxylic acids is 1. The smallest absolute Gasteiger partial charge is 0.225 e. The summed E-state index contributed by atoms with van der Waals surface area (Å²) in [5, 5.41) is 12.5. The fourth-order valence-electron chi connectivity index (χ4n) is 3.49. The molecule has 0 spiro atoms. The van der Waals surface area contributed by atoms with E-state index in [0.29, 0.717) is 22.8 Å². The minimum Gasteiger partial charge on any atom is -0.380 e. The quantitative estimate of drug-likeness (QED) is 0.836. The van der Waals surface area contributed by atoms with E-state index in [1.807, 2.05) is 13.0 Å². The zero-order chi connectivity index (χ0) is 19.6. The molecule has 0 aliphatic carbocycles. The van der Waals surface area contributed by atoms with E-state index in [1.165, 1.54) is 6.07 Å².